The molecule has 0 spiro atoms. The first kappa shape index (κ1) is 14.5. The van der Waals surface area contributed by atoms with Gasteiger partial charge in [-0.2, -0.15) is 0 Å². The quantitative estimate of drug-likeness (QED) is 0.868. The second kappa shape index (κ2) is 6.15. The van der Waals surface area contributed by atoms with Gasteiger partial charge in [0, 0.05) is 4.88 Å². The molecule has 2 aliphatic carbocycles. The molecule has 0 amide bonds. The molecule has 20 heavy (non-hydrogen) atoms. The molecule has 1 heterocycles. The average Bonchev–Trinajstić information content (AvgIpc) is 3.07. The first-order chi connectivity index (χ1) is 9.77. The highest BCUT2D eigenvalue weighted by Gasteiger charge is 2.40. The van der Waals surface area contributed by atoms with Crippen molar-refractivity contribution in [3.8, 4) is 0 Å². The van der Waals surface area contributed by atoms with Crippen LogP contribution in [0.1, 0.15) is 74.4 Å². The van der Waals surface area contributed by atoms with E-state index in [1.165, 1.54) is 68.5 Å². The average molecular weight is 292 g/mol. The van der Waals surface area contributed by atoms with Crippen LogP contribution in [0.4, 0.5) is 0 Å². The van der Waals surface area contributed by atoms with Crippen LogP contribution in [0.5, 0.6) is 0 Å². The second-order valence-electron chi connectivity index (χ2n) is 6.62. The van der Waals surface area contributed by atoms with Crippen LogP contribution in [0.3, 0.4) is 0 Å². The number of hydrogen-bond donors (Lipinski definition) is 1. The number of rotatable bonds is 5. The van der Waals surface area contributed by atoms with Gasteiger partial charge in [-0.15, -0.1) is 11.3 Å². The molecule has 112 valence electrons. The number of aryl methyl sites for hydroxylation is 2. The zero-order valence-corrected chi connectivity index (χ0v) is 13.8. The van der Waals surface area contributed by atoms with Crippen molar-refractivity contribution in [1.29, 1.82) is 0 Å². The molecule has 3 rings (SSSR count). The van der Waals surface area contributed by atoms with Crippen LogP contribution in [0.25, 0.3) is 0 Å². The molecule has 1 aromatic rings. The number of nitrogens with zero attached hydrogens (tertiary/aromatic N) is 1. The van der Waals surface area contributed by atoms with Crippen molar-refractivity contribution in [1.82, 2.24) is 10.3 Å². The Bertz CT molecular complexity index is 432. The number of aromatic nitrogens is 1. The maximum Gasteiger partial charge on any atom is 0.113 e. The van der Waals surface area contributed by atoms with Crippen molar-refractivity contribution in [3.63, 3.8) is 0 Å². The van der Waals surface area contributed by atoms with E-state index < -0.39 is 0 Å². The van der Waals surface area contributed by atoms with Crippen molar-refractivity contribution in [3.05, 3.63) is 15.6 Å². The van der Waals surface area contributed by atoms with Gasteiger partial charge in [0.25, 0.3) is 0 Å². The normalized spacial score (nSPS) is 29.6. The molecule has 2 nitrogen and oxygen atoms in total. The van der Waals surface area contributed by atoms with Gasteiger partial charge in [0.1, 0.15) is 5.01 Å². The summed E-state index contributed by atoms with van der Waals surface area (Å²) in [5.74, 6) is 0.881. The Balaban J connectivity index is 1.87. The van der Waals surface area contributed by atoms with Crippen LogP contribution in [0.15, 0.2) is 0 Å². The topological polar surface area (TPSA) is 24.9 Å². The monoisotopic (exact) mass is 292 g/mol. The summed E-state index contributed by atoms with van der Waals surface area (Å²) in [5.41, 5.74) is 1.62. The lowest BCUT2D eigenvalue weighted by Crippen LogP contribution is -2.46. The minimum absolute atomic E-state index is 0.198. The molecule has 0 radical (unpaired) electrons. The summed E-state index contributed by atoms with van der Waals surface area (Å²) >= 11 is 2.02. The summed E-state index contributed by atoms with van der Waals surface area (Å²) in [7, 11) is 0. The summed E-state index contributed by atoms with van der Waals surface area (Å²) < 4.78 is 0. The largest absolute Gasteiger partial charge is 0.305 e. The van der Waals surface area contributed by atoms with Gasteiger partial charge >= 0.3 is 0 Å². The third-order valence-electron chi connectivity index (χ3n) is 5.15. The maximum absolute atomic E-state index is 5.06. The zero-order chi connectivity index (χ0) is 14.0. The molecule has 1 saturated carbocycles. The highest BCUT2D eigenvalue weighted by Crippen LogP contribution is 2.44. The highest BCUT2D eigenvalue weighted by molar-refractivity contribution is 7.12. The van der Waals surface area contributed by atoms with Crippen molar-refractivity contribution < 1.29 is 0 Å². The molecule has 2 atom stereocenters. The van der Waals surface area contributed by atoms with Gasteiger partial charge < -0.3 is 5.32 Å². The molecule has 0 aromatic carbocycles. The molecule has 1 aromatic heterocycles. The van der Waals surface area contributed by atoms with Crippen molar-refractivity contribution in [2.45, 2.75) is 77.2 Å². The van der Waals surface area contributed by atoms with Crippen molar-refractivity contribution in [2.75, 3.05) is 6.54 Å². The van der Waals surface area contributed by atoms with E-state index in [4.69, 9.17) is 4.98 Å². The molecule has 0 aliphatic heterocycles. The Morgan fingerprint density at radius 3 is 2.95 bits per heavy atom. The smallest absolute Gasteiger partial charge is 0.113 e. The number of fused-ring (bicyclic) bond motifs is 1. The Labute approximate surface area is 127 Å². The lowest BCUT2D eigenvalue weighted by molar-refractivity contribution is 0.174. The van der Waals surface area contributed by atoms with Gasteiger partial charge in [-0.05, 0) is 51.0 Å². The van der Waals surface area contributed by atoms with Gasteiger partial charge in [0.15, 0.2) is 0 Å². The minimum atomic E-state index is 0.198. The van der Waals surface area contributed by atoms with Gasteiger partial charge in [0.05, 0.1) is 11.2 Å². The lowest BCUT2D eigenvalue weighted by Gasteiger charge is -2.40. The molecular weight excluding hydrogens is 264 g/mol. The minimum Gasteiger partial charge on any atom is -0.305 e. The Kier molecular flexibility index (Phi) is 4.46. The van der Waals surface area contributed by atoms with Crippen LogP contribution in [-0.4, -0.2) is 11.5 Å². The second-order valence-corrected chi connectivity index (χ2v) is 7.71. The third-order valence-corrected chi connectivity index (χ3v) is 6.51. The number of hydrogen-bond acceptors (Lipinski definition) is 3. The van der Waals surface area contributed by atoms with E-state index in [-0.39, 0.29) is 5.54 Å². The molecule has 3 heteroatoms. The van der Waals surface area contributed by atoms with Crippen LogP contribution < -0.4 is 5.32 Å². The molecule has 0 saturated heterocycles. The zero-order valence-electron chi connectivity index (χ0n) is 13.0. The molecular formula is C17H28N2S. The standard InChI is InChI=1S/C17H28N2S/c1-3-11-18-17(10-6-7-13(4-2)12-17)16-19-14-8-5-9-15(14)20-16/h13,18H,3-12H2,1-2H3. The fourth-order valence-corrected chi connectivity index (χ4v) is 5.28. The first-order valence-corrected chi connectivity index (χ1v) is 9.33. The van der Waals surface area contributed by atoms with Crippen LogP contribution in [0, 0.1) is 5.92 Å². The van der Waals surface area contributed by atoms with E-state index in [2.05, 4.69) is 19.2 Å². The maximum atomic E-state index is 5.06. The fraction of sp³-hybridized carbons (Fsp3) is 0.824. The van der Waals surface area contributed by atoms with Crippen LogP contribution >= 0.6 is 11.3 Å². The molecule has 2 unspecified atom stereocenters. The predicted molar refractivity (Wildman–Crippen MR) is 86.4 cm³/mol. The van der Waals surface area contributed by atoms with Gasteiger partial charge in [0.2, 0.25) is 0 Å². The summed E-state index contributed by atoms with van der Waals surface area (Å²) in [6.07, 6.45) is 11.7. The van der Waals surface area contributed by atoms with Crippen molar-refractivity contribution in [2.24, 2.45) is 5.92 Å². The lowest BCUT2D eigenvalue weighted by atomic mass is 9.75. The predicted octanol–water partition coefficient (Wildman–Crippen LogP) is 4.43. The van der Waals surface area contributed by atoms with E-state index in [0.717, 1.165) is 12.5 Å². The van der Waals surface area contributed by atoms with Crippen LogP contribution in [-0.2, 0) is 18.4 Å². The van der Waals surface area contributed by atoms with E-state index in [0.29, 0.717) is 0 Å². The van der Waals surface area contributed by atoms with Crippen molar-refractivity contribution >= 4 is 11.3 Å². The Morgan fingerprint density at radius 1 is 1.30 bits per heavy atom. The third kappa shape index (κ3) is 2.67. The van der Waals surface area contributed by atoms with Gasteiger partial charge in [-0.3, -0.25) is 0 Å². The Morgan fingerprint density at radius 2 is 2.20 bits per heavy atom. The highest BCUT2D eigenvalue weighted by atomic mass is 32.1. The van der Waals surface area contributed by atoms with Gasteiger partial charge in [-0.25, -0.2) is 4.98 Å². The summed E-state index contributed by atoms with van der Waals surface area (Å²) in [5, 5.41) is 5.31. The van der Waals surface area contributed by atoms with E-state index in [9.17, 15) is 0 Å². The molecule has 0 bridgehead atoms. The van der Waals surface area contributed by atoms with Crippen LogP contribution in [0.2, 0.25) is 0 Å². The summed E-state index contributed by atoms with van der Waals surface area (Å²) in [6.45, 7) is 5.74. The molecule has 1 fully saturated rings. The first-order valence-electron chi connectivity index (χ1n) is 8.51. The molecule has 1 N–H and O–H groups in total. The number of thiazole rings is 1. The van der Waals surface area contributed by atoms with E-state index >= 15 is 0 Å². The molecule has 2 aliphatic rings. The van der Waals surface area contributed by atoms with Gasteiger partial charge in [-0.1, -0.05) is 33.1 Å². The SMILES string of the molecule is CCCNC1(c2nc3c(s2)CCC3)CCCC(CC)C1. The summed E-state index contributed by atoms with van der Waals surface area (Å²) in [6, 6.07) is 0. The van der Waals surface area contributed by atoms with E-state index in [1.807, 2.05) is 11.3 Å². The fourth-order valence-electron chi connectivity index (χ4n) is 3.93. The summed E-state index contributed by atoms with van der Waals surface area (Å²) in [4.78, 5) is 6.64. The number of nitrogens with one attached hydrogen (secondary N) is 1. The Hall–Kier alpha value is -0.410. The van der Waals surface area contributed by atoms with E-state index in [1.54, 1.807) is 4.88 Å².